The largest absolute Gasteiger partial charge is 0.460 e. The lowest BCUT2D eigenvalue weighted by Crippen LogP contribution is -2.11. The molecule has 0 aliphatic carbocycles. The van der Waals surface area contributed by atoms with Crippen molar-refractivity contribution in [2.45, 2.75) is 33.1 Å². The number of fused-ring (bicyclic) bond motifs is 1. The quantitative estimate of drug-likeness (QED) is 0.565. The van der Waals surface area contributed by atoms with E-state index < -0.39 is 6.10 Å². The Morgan fingerprint density at radius 1 is 1.07 bits per heavy atom. The summed E-state index contributed by atoms with van der Waals surface area (Å²) in [6.45, 7) is 4.56. The molecule has 0 saturated heterocycles. The second kappa shape index (κ2) is 7.02. The molecule has 4 aromatic rings. The van der Waals surface area contributed by atoms with Crippen molar-refractivity contribution in [1.29, 1.82) is 0 Å². The Morgan fingerprint density at radius 3 is 2.67 bits per heavy atom. The Balaban J connectivity index is 1.83. The number of furan rings is 1. The fourth-order valence-electron chi connectivity index (χ4n) is 3.36. The van der Waals surface area contributed by atoms with Gasteiger partial charge in [0.2, 0.25) is 0 Å². The van der Waals surface area contributed by atoms with Gasteiger partial charge in [-0.2, -0.15) is 0 Å². The number of hydrogen-bond acceptors (Lipinski definition) is 4. The Hall–Kier alpha value is -2.89. The van der Waals surface area contributed by atoms with Crippen molar-refractivity contribution in [3.8, 4) is 0 Å². The van der Waals surface area contributed by atoms with E-state index in [9.17, 15) is 10.2 Å². The molecule has 0 radical (unpaired) electrons. The molecule has 2 heterocycles. The summed E-state index contributed by atoms with van der Waals surface area (Å²) < 4.78 is 7.57. The normalized spacial score (nSPS) is 12.6. The van der Waals surface area contributed by atoms with E-state index in [1.54, 1.807) is 12.1 Å². The highest BCUT2D eigenvalue weighted by Crippen LogP contribution is 2.28. The van der Waals surface area contributed by atoms with Crippen molar-refractivity contribution in [3.63, 3.8) is 0 Å². The first-order valence-corrected chi connectivity index (χ1v) is 8.95. The first kappa shape index (κ1) is 17.5. The number of hydrogen-bond donors (Lipinski definition) is 2. The highest BCUT2D eigenvalue weighted by atomic mass is 16.4. The van der Waals surface area contributed by atoms with Crippen LogP contribution in [0.5, 0.6) is 0 Å². The maximum Gasteiger partial charge on any atom is 0.169 e. The molecule has 2 N–H and O–H groups in total. The van der Waals surface area contributed by atoms with Crippen molar-refractivity contribution in [2.75, 3.05) is 0 Å². The summed E-state index contributed by atoms with van der Waals surface area (Å²) in [5.41, 5.74) is 5.36. The molecule has 4 rings (SSSR count). The first-order chi connectivity index (χ1) is 13.1. The van der Waals surface area contributed by atoms with E-state index in [1.165, 1.54) is 16.7 Å². The van der Waals surface area contributed by atoms with E-state index in [2.05, 4.69) is 37.0 Å². The molecule has 5 nitrogen and oxygen atoms in total. The van der Waals surface area contributed by atoms with Crippen LogP contribution < -0.4 is 0 Å². The van der Waals surface area contributed by atoms with E-state index in [-0.39, 0.29) is 6.61 Å². The fraction of sp³-hybridized carbons (Fsp3) is 0.227. The Kier molecular flexibility index (Phi) is 4.56. The molecule has 0 aliphatic heterocycles. The predicted octanol–water partition coefficient (Wildman–Crippen LogP) is 3.87. The molecule has 27 heavy (non-hydrogen) atoms. The van der Waals surface area contributed by atoms with Crippen molar-refractivity contribution in [3.05, 3.63) is 88.6 Å². The molecule has 2 aromatic heterocycles. The lowest BCUT2D eigenvalue weighted by atomic mass is 10.1. The van der Waals surface area contributed by atoms with Crippen LogP contribution in [0.25, 0.3) is 11.0 Å². The van der Waals surface area contributed by atoms with Gasteiger partial charge in [0.15, 0.2) is 6.10 Å². The number of aliphatic hydroxyl groups excluding tert-OH is 2. The zero-order valence-corrected chi connectivity index (χ0v) is 15.4. The second-order valence-electron chi connectivity index (χ2n) is 6.84. The molecule has 1 unspecified atom stereocenters. The number of imidazole rings is 1. The van der Waals surface area contributed by atoms with Crippen LogP contribution in [-0.4, -0.2) is 19.8 Å². The molecule has 0 bridgehead atoms. The fourth-order valence-corrected chi connectivity index (χ4v) is 3.36. The molecular formula is C22H22N2O3. The zero-order chi connectivity index (χ0) is 19.0. The Morgan fingerprint density at radius 2 is 1.89 bits per heavy atom. The van der Waals surface area contributed by atoms with Gasteiger partial charge in [-0.1, -0.05) is 35.9 Å². The third-order valence-corrected chi connectivity index (χ3v) is 4.87. The number of benzene rings is 2. The summed E-state index contributed by atoms with van der Waals surface area (Å²) in [7, 11) is 0. The summed E-state index contributed by atoms with van der Waals surface area (Å²) in [5.74, 6) is 1.31. The smallest absolute Gasteiger partial charge is 0.169 e. The summed E-state index contributed by atoms with van der Waals surface area (Å²) in [4.78, 5) is 4.66. The Labute approximate surface area is 157 Å². The van der Waals surface area contributed by atoms with Crippen LogP contribution in [0.3, 0.4) is 0 Å². The summed E-state index contributed by atoms with van der Waals surface area (Å²) in [5, 5.41) is 20.2. The van der Waals surface area contributed by atoms with Gasteiger partial charge in [0, 0.05) is 6.54 Å². The molecule has 1 atom stereocenters. The number of rotatable bonds is 5. The van der Waals surface area contributed by atoms with E-state index in [0.29, 0.717) is 23.9 Å². The molecule has 2 aromatic carbocycles. The average Bonchev–Trinajstić information content (AvgIpc) is 3.29. The second-order valence-corrected chi connectivity index (χ2v) is 6.84. The van der Waals surface area contributed by atoms with Gasteiger partial charge in [-0.05, 0) is 49.2 Å². The SMILES string of the molecule is Cc1ccc(C)c(Cn2c(C(O)c3ccc(CO)o3)nc3ccccc32)c1. The number of nitrogens with zero attached hydrogens (tertiary/aromatic N) is 2. The van der Waals surface area contributed by atoms with E-state index >= 15 is 0 Å². The van der Waals surface area contributed by atoms with Gasteiger partial charge in [0.25, 0.3) is 0 Å². The van der Waals surface area contributed by atoms with Gasteiger partial charge >= 0.3 is 0 Å². The number of aryl methyl sites for hydroxylation is 2. The molecule has 0 amide bonds. The number of aliphatic hydroxyl groups is 2. The van der Waals surface area contributed by atoms with Gasteiger partial charge in [0.1, 0.15) is 24.0 Å². The standard InChI is InChI=1S/C22H22N2O3/c1-14-7-8-15(2)16(11-14)12-24-19-6-4-3-5-18(19)23-22(24)21(26)20-10-9-17(13-25)27-20/h3-11,21,25-26H,12-13H2,1-2H3. The number of aromatic nitrogens is 2. The topological polar surface area (TPSA) is 71.4 Å². The van der Waals surface area contributed by atoms with E-state index in [0.717, 1.165) is 11.0 Å². The summed E-state index contributed by atoms with van der Waals surface area (Å²) in [6, 6.07) is 17.6. The van der Waals surface area contributed by atoms with Crippen LogP contribution in [0.15, 0.2) is 59.0 Å². The molecule has 5 heteroatoms. The average molecular weight is 362 g/mol. The molecular weight excluding hydrogens is 340 g/mol. The van der Waals surface area contributed by atoms with Crippen LogP contribution in [-0.2, 0) is 13.2 Å². The van der Waals surface area contributed by atoms with Crippen molar-refractivity contribution < 1.29 is 14.6 Å². The monoisotopic (exact) mass is 362 g/mol. The van der Waals surface area contributed by atoms with Crippen molar-refractivity contribution >= 4 is 11.0 Å². The molecule has 0 saturated carbocycles. The van der Waals surface area contributed by atoms with E-state index in [4.69, 9.17) is 4.42 Å². The maximum absolute atomic E-state index is 10.9. The third-order valence-electron chi connectivity index (χ3n) is 4.87. The zero-order valence-electron chi connectivity index (χ0n) is 15.4. The van der Waals surface area contributed by atoms with Crippen LogP contribution in [0.4, 0.5) is 0 Å². The van der Waals surface area contributed by atoms with Crippen LogP contribution in [0, 0.1) is 13.8 Å². The molecule has 0 spiro atoms. The molecule has 0 aliphatic rings. The molecule has 138 valence electrons. The minimum absolute atomic E-state index is 0.203. The first-order valence-electron chi connectivity index (χ1n) is 8.95. The lowest BCUT2D eigenvalue weighted by molar-refractivity contribution is 0.166. The minimum atomic E-state index is -1.01. The van der Waals surface area contributed by atoms with Crippen LogP contribution in [0.2, 0.25) is 0 Å². The van der Waals surface area contributed by atoms with Gasteiger partial charge < -0.3 is 19.2 Å². The van der Waals surface area contributed by atoms with Crippen molar-refractivity contribution in [1.82, 2.24) is 9.55 Å². The highest BCUT2D eigenvalue weighted by Gasteiger charge is 2.23. The predicted molar refractivity (Wildman–Crippen MR) is 103 cm³/mol. The van der Waals surface area contributed by atoms with Crippen LogP contribution in [0.1, 0.15) is 40.1 Å². The van der Waals surface area contributed by atoms with Crippen LogP contribution >= 0.6 is 0 Å². The summed E-state index contributed by atoms with van der Waals surface area (Å²) >= 11 is 0. The van der Waals surface area contributed by atoms with Crippen molar-refractivity contribution in [2.24, 2.45) is 0 Å². The maximum atomic E-state index is 10.9. The lowest BCUT2D eigenvalue weighted by Gasteiger charge is -2.15. The van der Waals surface area contributed by atoms with Gasteiger partial charge in [0.05, 0.1) is 11.0 Å². The van der Waals surface area contributed by atoms with Gasteiger partial charge in [-0.15, -0.1) is 0 Å². The Bertz CT molecular complexity index is 1090. The van der Waals surface area contributed by atoms with Gasteiger partial charge in [-0.25, -0.2) is 4.98 Å². The highest BCUT2D eigenvalue weighted by molar-refractivity contribution is 5.76. The minimum Gasteiger partial charge on any atom is -0.460 e. The third kappa shape index (κ3) is 3.27. The summed E-state index contributed by atoms with van der Waals surface area (Å²) in [6.07, 6.45) is -1.01. The molecule has 0 fully saturated rings. The van der Waals surface area contributed by atoms with Gasteiger partial charge in [-0.3, -0.25) is 0 Å². The van der Waals surface area contributed by atoms with E-state index in [1.807, 2.05) is 28.8 Å². The number of para-hydroxylation sites is 2.